The minimum Gasteiger partial charge on any atom is -0.379 e. The molecule has 7 heteroatoms. The number of nitrogens with one attached hydrogen (secondary N) is 2. The predicted molar refractivity (Wildman–Crippen MR) is 125 cm³/mol. The number of halogens is 1. The van der Waals surface area contributed by atoms with Gasteiger partial charge in [-0.1, -0.05) is 13.8 Å². The fraction of sp³-hybridized carbons (Fsp3) is 0.950. The Hall–Kier alpha value is -0.120. The van der Waals surface area contributed by atoms with Crippen molar-refractivity contribution in [2.75, 3.05) is 66.1 Å². The summed E-state index contributed by atoms with van der Waals surface area (Å²) in [4.78, 5) is 9.89. The van der Waals surface area contributed by atoms with Crippen molar-refractivity contribution in [1.82, 2.24) is 20.4 Å². The third kappa shape index (κ3) is 9.28. The zero-order valence-electron chi connectivity index (χ0n) is 17.9. The molecular formula is C20H42IN5O. The summed E-state index contributed by atoms with van der Waals surface area (Å²) < 4.78 is 5.51. The van der Waals surface area contributed by atoms with Crippen molar-refractivity contribution in [2.24, 2.45) is 16.8 Å². The van der Waals surface area contributed by atoms with Gasteiger partial charge >= 0.3 is 0 Å². The molecule has 160 valence electrons. The number of piperidine rings is 1. The van der Waals surface area contributed by atoms with E-state index in [1.165, 1.54) is 32.4 Å². The van der Waals surface area contributed by atoms with Gasteiger partial charge in [0.1, 0.15) is 0 Å². The van der Waals surface area contributed by atoms with Gasteiger partial charge in [0.15, 0.2) is 5.96 Å². The molecule has 0 aromatic carbocycles. The van der Waals surface area contributed by atoms with E-state index in [1.54, 1.807) is 0 Å². The normalized spacial score (nSPS) is 21.7. The number of ether oxygens (including phenoxy) is 1. The van der Waals surface area contributed by atoms with E-state index in [9.17, 15) is 0 Å². The molecule has 0 aromatic heterocycles. The van der Waals surface area contributed by atoms with Crippen LogP contribution in [0.15, 0.2) is 4.99 Å². The third-order valence-electron chi connectivity index (χ3n) is 5.75. The molecule has 0 aromatic rings. The Morgan fingerprint density at radius 1 is 1.11 bits per heavy atom. The van der Waals surface area contributed by atoms with Crippen LogP contribution in [-0.4, -0.2) is 87.9 Å². The SMILES string of the molecule is CCNC(=NCC(C(C)C)N1CCOCC1)NCCC1CCN(C)CC1.I. The van der Waals surface area contributed by atoms with Gasteiger partial charge in [-0.2, -0.15) is 0 Å². The van der Waals surface area contributed by atoms with E-state index in [-0.39, 0.29) is 24.0 Å². The molecule has 1 atom stereocenters. The van der Waals surface area contributed by atoms with E-state index in [4.69, 9.17) is 9.73 Å². The quantitative estimate of drug-likeness (QED) is 0.308. The van der Waals surface area contributed by atoms with Gasteiger partial charge in [-0.25, -0.2) is 0 Å². The summed E-state index contributed by atoms with van der Waals surface area (Å²) in [5, 5.41) is 6.97. The highest BCUT2D eigenvalue weighted by Gasteiger charge is 2.23. The van der Waals surface area contributed by atoms with Crippen LogP contribution in [0.4, 0.5) is 0 Å². The van der Waals surface area contributed by atoms with Crippen molar-refractivity contribution in [3.05, 3.63) is 0 Å². The average molecular weight is 495 g/mol. The van der Waals surface area contributed by atoms with Crippen LogP contribution >= 0.6 is 24.0 Å². The van der Waals surface area contributed by atoms with E-state index in [2.05, 4.69) is 48.3 Å². The second-order valence-corrected chi connectivity index (χ2v) is 8.14. The lowest BCUT2D eigenvalue weighted by Crippen LogP contribution is -2.48. The molecule has 2 saturated heterocycles. The summed E-state index contributed by atoms with van der Waals surface area (Å²) in [6, 6.07) is 0.489. The van der Waals surface area contributed by atoms with Gasteiger partial charge in [0.05, 0.1) is 19.8 Å². The van der Waals surface area contributed by atoms with Crippen LogP contribution < -0.4 is 10.6 Å². The molecule has 0 amide bonds. The van der Waals surface area contributed by atoms with Crippen LogP contribution in [0.25, 0.3) is 0 Å². The zero-order chi connectivity index (χ0) is 18.8. The molecule has 2 heterocycles. The summed E-state index contributed by atoms with van der Waals surface area (Å²) in [6.45, 7) is 15.8. The van der Waals surface area contributed by atoms with Crippen LogP contribution in [0.3, 0.4) is 0 Å². The van der Waals surface area contributed by atoms with Crippen LogP contribution in [-0.2, 0) is 4.74 Å². The Morgan fingerprint density at radius 3 is 2.37 bits per heavy atom. The van der Waals surface area contributed by atoms with E-state index in [0.29, 0.717) is 12.0 Å². The van der Waals surface area contributed by atoms with Crippen molar-refractivity contribution in [3.63, 3.8) is 0 Å². The second kappa shape index (κ2) is 14.0. The van der Waals surface area contributed by atoms with E-state index in [1.807, 2.05) is 0 Å². The number of likely N-dealkylation sites (tertiary alicyclic amines) is 1. The van der Waals surface area contributed by atoms with Gasteiger partial charge in [0.2, 0.25) is 0 Å². The summed E-state index contributed by atoms with van der Waals surface area (Å²) in [5.74, 6) is 2.43. The summed E-state index contributed by atoms with van der Waals surface area (Å²) in [6.07, 6.45) is 3.91. The number of rotatable bonds is 8. The first kappa shape index (κ1) is 24.9. The minimum absolute atomic E-state index is 0. The fourth-order valence-electron chi connectivity index (χ4n) is 3.93. The molecule has 0 bridgehead atoms. The number of morpholine rings is 1. The maximum absolute atomic E-state index is 5.51. The summed E-state index contributed by atoms with van der Waals surface area (Å²) >= 11 is 0. The van der Waals surface area contributed by atoms with Gasteiger partial charge < -0.3 is 20.3 Å². The van der Waals surface area contributed by atoms with E-state index in [0.717, 1.165) is 57.8 Å². The molecule has 0 radical (unpaired) electrons. The minimum atomic E-state index is 0. The van der Waals surface area contributed by atoms with Crippen LogP contribution in [0, 0.1) is 11.8 Å². The Bertz CT molecular complexity index is 407. The van der Waals surface area contributed by atoms with Gasteiger partial charge in [-0.3, -0.25) is 9.89 Å². The Kier molecular flexibility index (Phi) is 12.9. The van der Waals surface area contributed by atoms with Crippen molar-refractivity contribution in [3.8, 4) is 0 Å². The maximum Gasteiger partial charge on any atom is 0.191 e. The molecule has 1 unspecified atom stereocenters. The standard InChI is InChI=1S/C20H41N5O.HI/c1-5-21-20(22-9-6-18-7-10-24(4)11-8-18)23-16-19(17(2)3)25-12-14-26-15-13-25;/h17-19H,5-16H2,1-4H3,(H2,21,22,23);1H. The predicted octanol–water partition coefficient (Wildman–Crippen LogP) is 2.25. The molecule has 2 aliphatic heterocycles. The van der Waals surface area contributed by atoms with Crippen molar-refractivity contribution in [1.29, 1.82) is 0 Å². The molecule has 2 rings (SSSR count). The lowest BCUT2D eigenvalue weighted by atomic mass is 9.94. The summed E-state index contributed by atoms with van der Waals surface area (Å²) in [5.41, 5.74) is 0. The van der Waals surface area contributed by atoms with Crippen LogP contribution in [0.2, 0.25) is 0 Å². The molecule has 2 aliphatic rings. The molecular weight excluding hydrogens is 453 g/mol. The Labute approximate surface area is 183 Å². The van der Waals surface area contributed by atoms with E-state index < -0.39 is 0 Å². The number of hydrogen-bond donors (Lipinski definition) is 2. The first-order valence-electron chi connectivity index (χ1n) is 10.6. The summed E-state index contributed by atoms with van der Waals surface area (Å²) in [7, 11) is 2.23. The second-order valence-electron chi connectivity index (χ2n) is 8.14. The van der Waals surface area contributed by atoms with E-state index >= 15 is 0 Å². The maximum atomic E-state index is 5.51. The molecule has 2 N–H and O–H groups in total. The molecule has 2 fully saturated rings. The Balaban J connectivity index is 0.00000364. The van der Waals surface area contributed by atoms with Crippen molar-refractivity contribution in [2.45, 2.75) is 46.1 Å². The number of guanidine groups is 1. The van der Waals surface area contributed by atoms with Crippen molar-refractivity contribution < 1.29 is 4.74 Å². The lowest BCUT2D eigenvalue weighted by molar-refractivity contribution is 0.00867. The lowest BCUT2D eigenvalue weighted by Gasteiger charge is -2.36. The largest absolute Gasteiger partial charge is 0.379 e. The average Bonchev–Trinajstić information content (AvgIpc) is 2.64. The molecule has 6 nitrogen and oxygen atoms in total. The Morgan fingerprint density at radius 2 is 1.78 bits per heavy atom. The first-order chi connectivity index (χ1) is 12.6. The number of hydrogen-bond acceptors (Lipinski definition) is 4. The highest BCUT2D eigenvalue weighted by atomic mass is 127. The van der Waals surface area contributed by atoms with Gasteiger partial charge in [0, 0.05) is 32.2 Å². The van der Waals surface area contributed by atoms with Gasteiger partial charge in [-0.15, -0.1) is 24.0 Å². The molecule has 0 saturated carbocycles. The molecule has 0 spiro atoms. The van der Waals surface area contributed by atoms with Crippen molar-refractivity contribution >= 4 is 29.9 Å². The first-order valence-corrected chi connectivity index (χ1v) is 10.6. The third-order valence-corrected chi connectivity index (χ3v) is 5.75. The fourth-order valence-corrected chi connectivity index (χ4v) is 3.93. The molecule has 27 heavy (non-hydrogen) atoms. The topological polar surface area (TPSA) is 52.1 Å². The molecule has 0 aliphatic carbocycles. The number of aliphatic imine (C=N–C) groups is 1. The smallest absolute Gasteiger partial charge is 0.191 e. The highest BCUT2D eigenvalue weighted by Crippen LogP contribution is 2.18. The zero-order valence-corrected chi connectivity index (χ0v) is 20.2. The van der Waals surface area contributed by atoms with Crippen LogP contribution in [0.1, 0.15) is 40.0 Å². The number of nitrogens with zero attached hydrogens (tertiary/aromatic N) is 3. The van der Waals surface area contributed by atoms with Crippen LogP contribution in [0.5, 0.6) is 0 Å². The highest BCUT2D eigenvalue weighted by molar-refractivity contribution is 14.0. The van der Waals surface area contributed by atoms with Gasteiger partial charge in [-0.05, 0) is 58.2 Å². The monoisotopic (exact) mass is 495 g/mol. The van der Waals surface area contributed by atoms with Gasteiger partial charge in [0.25, 0.3) is 0 Å².